The van der Waals surface area contributed by atoms with Crippen molar-refractivity contribution in [3.63, 3.8) is 0 Å². The van der Waals surface area contributed by atoms with Gasteiger partial charge in [0.15, 0.2) is 0 Å². The number of carbonyl (C=O) groups is 1. The van der Waals surface area contributed by atoms with E-state index in [2.05, 4.69) is 20.9 Å². The van der Waals surface area contributed by atoms with Gasteiger partial charge in [-0.2, -0.15) is 0 Å². The van der Waals surface area contributed by atoms with Crippen molar-refractivity contribution in [2.75, 3.05) is 6.61 Å². The zero-order chi connectivity index (χ0) is 21.0. The zero-order valence-corrected chi connectivity index (χ0v) is 17.3. The Kier molecular flexibility index (Phi) is 6.40. The number of hydrogen-bond donors (Lipinski definition) is 1. The molecule has 0 saturated carbocycles. The zero-order valence-electron chi connectivity index (χ0n) is 15.7. The maximum absolute atomic E-state index is 13.1. The summed E-state index contributed by atoms with van der Waals surface area (Å²) >= 11 is 3.41. The molecule has 3 rings (SSSR count). The molecule has 0 spiro atoms. The molecular weight excluding hydrogens is 440 g/mol. The second-order valence-corrected chi connectivity index (χ2v) is 7.25. The molecule has 0 fully saturated rings. The van der Waals surface area contributed by atoms with E-state index in [1.807, 2.05) is 18.2 Å². The fourth-order valence-electron chi connectivity index (χ4n) is 2.88. The van der Waals surface area contributed by atoms with Crippen molar-refractivity contribution < 1.29 is 14.6 Å². The molecule has 1 aliphatic heterocycles. The summed E-state index contributed by atoms with van der Waals surface area (Å²) in [6, 6.07) is 11.6. The smallest absolute Gasteiger partial charge is 0.274 e. The predicted molar refractivity (Wildman–Crippen MR) is 113 cm³/mol. The molecule has 2 N–H and O–H groups in total. The summed E-state index contributed by atoms with van der Waals surface area (Å²) in [7, 11) is 0. The molecule has 1 aliphatic rings. The number of nitro groups is 1. The highest BCUT2D eigenvalue weighted by molar-refractivity contribution is 9.10. The Hall–Kier alpha value is -3.04. The highest BCUT2D eigenvalue weighted by Gasteiger charge is 2.23. The second-order valence-electron chi connectivity index (χ2n) is 6.34. The molecule has 29 heavy (non-hydrogen) atoms. The van der Waals surface area contributed by atoms with Crippen molar-refractivity contribution >= 4 is 45.1 Å². The number of halogens is 1. The van der Waals surface area contributed by atoms with Crippen molar-refractivity contribution in [2.45, 2.75) is 19.9 Å². The molecule has 9 heteroatoms. The summed E-state index contributed by atoms with van der Waals surface area (Å²) in [6.07, 6.45) is 1.95. The van der Waals surface area contributed by atoms with Crippen LogP contribution in [0.25, 0.3) is 6.08 Å². The van der Waals surface area contributed by atoms with Crippen molar-refractivity contribution in [3.8, 4) is 0 Å². The molecule has 0 aliphatic carbocycles. The van der Waals surface area contributed by atoms with E-state index in [1.54, 1.807) is 25.1 Å². The first-order chi connectivity index (χ1) is 13.9. The average molecular weight is 459 g/mol. The maximum Gasteiger partial charge on any atom is 0.274 e. The maximum atomic E-state index is 13.1. The molecule has 0 aromatic heterocycles. The summed E-state index contributed by atoms with van der Waals surface area (Å²) in [5.41, 5.74) is 8.62. The molecule has 0 unspecified atom stereocenters. The number of carbonyl (C=O) groups excluding carboxylic acids is 1. The number of nitro benzene ring substituents is 1. The first-order valence-corrected chi connectivity index (χ1v) is 9.68. The van der Waals surface area contributed by atoms with Crippen molar-refractivity contribution in [2.24, 2.45) is 10.7 Å². The fourth-order valence-corrected chi connectivity index (χ4v) is 3.23. The van der Waals surface area contributed by atoms with Gasteiger partial charge in [0.1, 0.15) is 5.84 Å². The summed E-state index contributed by atoms with van der Waals surface area (Å²) in [5, 5.41) is 12.1. The number of non-ortho nitro benzene ring substituents is 1. The standard InChI is InChI=1S/C20H19BrN4O4/c1-2-29-24(12-13-3-7-17(8-4-13)25(27)28)20(26)15-9-14-5-6-16(21)11-18(14)23-19(22)10-15/h3-9,11H,2,10,12H2,1H3,(H2,22,23). The molecule has 1 amide bonds. The number of amides is 1. The number of aliphatic imine (C=N–C) groups is 1. The highest BCUT2D eigenvalue weighted by Crippen LogP contribution is 2.30. The summed E-state index contributed by atoms with van der Waals surface area (Å²) in [4.78, 5) is 33.4. The Morgan fingerprint density at radius 1 is 1.31 bits per heavy atom. The Labute approximate surface area is 175 Å². The number of nitrogens with two attached hydrogens (primary N) is 1. The van der Waals surface area contributed by atoms with E-state index in [0.717, 1.165) is 10.0 Å². The van der Waals surface area contributed by atoms with Gasteiger partial charge in [0.25, 0.3) is 11.6 Å². The number of nitrogens with zero attached hydrogens (tertiary/aromatic N) is 3. The van der Waals surface area contributed by atoms with Gasteiger partial charge in [-0.1, -0.05) is 34.1 Å². The monoisotopic (exact) mass is 458 g/mol. The van der Waals surface area contributed by atoms with Crippen molar-refractivity contribution in [1.29, 1.82) is 0 Å². The SMILES string of the molecule is CCON(Cc1ccc([N+](=O)[O-])cc1)C(=O)C1=Cc2ccc(Br)cc2N=C(N)C1. The van der Waals surface area contributed by atoms with E-state index in [-0.39, 0.29) is 24.6 Å². The molecule has 150 valence electrons. The quantitative estimate of drug-likeness (QED) is 0.516. The van der Waals surface area contributed by atoms with Crippen LogP contribution in [0.1, 0.15) is 24.5 Å². The second kappa shape index (κ2) is 8.97. The minimum absolute atomic E-state index is 0.0127. The first kappa shape index (κ1) is 20.7. The lowest BCUT2D eigenvalue weighted by molar-refractivity contribution is -0.384. The molecular formula is C20H19BrN4O4. The number of amidine groups is 1. The number of hydrogen-bond acceptors (Lipinski definition) is 6. The summed E-state index contributed by atoms with van der Waals surface area (Å²) in [6.45, 7) is 2.21. The van der Waals surface area contributed by atoms with Crippen LogP contribution in [0.2, 0.25) is 0 Å². The summed E-state index contributed by atoms with van der Waals surface area (Å²) in [5.74, 6) is -0.00708. The molecule has 0 radical (unpaired) electrons. The topological polar surface area (TPSA) is 111 Å². The summed E-state index contributed by atoms with van der Waals surface area (Å²) < 4.78 is 0.866. The van der Waals surface area contributed by atoms with E-state index in [1.165, 1.54) is 17.2 Å². The van der Waals surface area contributed by atoms with Crippen LogP contribution in [-0.4, -0.2) is 28.3 Å². The lowest BCUT2D eigenvalue weighted by Crippen LogP contribution is -2.33. The normalized spacial score (nSPS) is 13.0. The van der Waals surface area contributed by atoms with Crippen LogP contribution < -0.4 is 5.73 Å². The van der Waals surface area contributed by atoms with Gasteiger partial charge in [-0.05, 0) is 30.7 Å². The number of rotatable bonds is 6. The van der Waals surface area contributed by atoms with E-state index in [9.17, 15) is 14.9 Å². The van der Waals surface area contributed by atoms with Gasteiger partial charge < -0.3 is 5.73 Å². The van der Waals surface area contributed by atoms with Crippen LogP contribution in [-0.2, 0) is 16.2 Å². The average Bonchev–Trinajstić information content (AvgIpc) is 2.85. The van der Waals surface area contributed by atoms with Crippen LogP contribution in [0, 0.1) is 10.1 Å². The van der Waals surface area contributed by atoms with Gasteiger partial charge >= 0.3 is 0 Å². The van der Waals surface area contributed by atoms with Gasteiger partial charge in [0.05, 0.1) is 23.8 Å². The Bertz CT molecular complexity index is 1000. The van der Waals surface area contributed by atoms with Gasteiger partial charge in [0, 0.05) is 34.2 Å². The lowest BCUT2D eigenvalue weighted by atomic mass is 10.1. The third-order valence-electron chi connectivity index (χ3n) is 4.22. The molecule has 2 aromatic carbocycles. The van der Waals surface area contributed by atoms with Gasteiger partial charge in [0.2, 0.25) is 0 Å². The fraction of sp³-hybridized carbons (Fsp3) is 0.200. The van der Waals surface area contributed by atoms with Crippen molar-refractivity contribution in [3.05, 3.63) is 73.8 Å². The van der Waals surface area contributed by atoms with Crippen molar-refractivity contribution in [1.82, 2.24) is 5.06 Å². The largest absolute Gasteiger partial charge is 0.387 e. The third kappa shape index (κ3) is 5.07. The van der Waals surface area contributed by atoms with Crippen LogP contribution in [0.5, 0.6) is 0 Å². The van der Waals surface area contributed by atoms with E-state index in [4.69, 9.17) is 10.6 Å². The van der Waals surface area contributed by atoms with Gasteiger partial charge in [-0.25, -0.2) is 10.1 Å². The van der Waals surface area contributed by atoms with E-state index < -0.39 is 4.92 Å². The Morgan fingerprint density at radius 2 is 2.03 bits per heavy atom. The number of hydroxylamine groups is 2. The van der Waals surface area contributed by atoms with E-state index in [0.29, 0.717) is 29.3 Å². The molecule has 0 saturated heterocycles. The Morgan fingerprint density at radius 3 is 2.69 bits per heavy atom. The highest BCUT2D eigenvalue weighted by atomic mass is 79.9. The van der Waals surface area contributed by atoms with E-state index >= 15 is 0 Å². The predicted octanol–water partition coefficient (Wildman–Crippen LogP) is 4.11. The third-order valence-corrected chi connectivity index (χ3v) is 4.71. The Balaban J connectivity index is 1.87. The molecule has 0 bridgehead atoms. The molecule has 2 aromatic rings. The van der Waals surface area contributed by atoms with Gasteiger partial charge in [-0.3, -0.25) is 19.7 Å². The number of benzene rings is 2. The molecule has 0 atom stereocenters. The van der Waals surface area contributed by atoms with Crippen LogP contribution in [0.3, 0.4) is 0 Å². The van der Waals surface area contributed by atoms with Crippen LogP contribution in [0.4, 0.5) is 11.4 Å². The number of fused-ring (bicyclic) bond motifs is 1. The minimum atomic E-state index is -0.469. The molecule has 8 nitrogen and oxygen atoms in total. The first-order valence-electron chi connectivity index (χ1n) is 8.88. The molecule has 1 heterocycles. The minimum Gasteiger partial charge on any atom is -0.387 e. The van der Waals surface area contributed by atoms with Crippen LogP contribution >= 0.6 is 15.9 Å². The lowest BCUT2D eigenvalue weighted by Gasteiger charge is -2.22. The van der Waals surface area contributed by atoms with Crippen LogP contribution in [0.15, 0.2) is 57.5 Å². The van der Waals surface area contributed by atoms with Gasteiger partial charge in [-0.15, -0.1) is 0 Å².